The second-order valence-corrected chi connectivity index (χ2v) is 5.01. The van der Waals surface area contributed by atoms with Crippen LogP contribution in [0.5, 0.6) is 11.5 Å². The summed E-state index contributed by atoms with van der Waals surface area (Å²) in [5, 5.41) is 13.3. The lowest BCUT2D eigenvalue weighted by atomic mass is 10.1. The normalized spacial score (nSPS) is 13.4. The Morgan fingerprint density at radius 3 is 2.64 bits per heavy atom. The van der Waals surface area contributed by atoms with Gasteiger partial charge in [-0.25, -0.2) is 0 Å². The second-order valence-electron chi connectivity index (χ2n) is 5.01. The molecule has 1 aliphatic rings. The monoisotopic (exact) mass is 302 g/mol. The minimum Gasteiger partial charge on any atom is -0.497 e. The molecule has 1 aliphatic heterocycles. The number of fused-ring (bicyclic) bond motifs is 1. The molecule has 1 aromatic heterocycles. The van der Waals surface area contributed by atoms with Crippen molar-refractivity contribution in [1.82, 2.24) is 15.5 Å². The summed E-state index contributed by atoms with van der Waals surface area (Å²) in [4.78, 5) is 12.4. The van der Waals surface area contributed by atoms with Gasteiger partial charge in [0.15, 0.2) is 5.82 Å². The Bertz CT molecular complexity index is 674. The number of nitrogens with zero attached hydrogens (tertiary/aromatic N) is 1. The van der Waals surface area contributed by atoms with Crippen molar-refractivity contribution in [3.05, 3.63) is 35.0 Å². The van der Waals surface area contributed by atoms with Crippen molar-refractivity contribution in [2.75, 3.05) is 26.1 Å². The van der Waals surface area contributed by atoms with Crippen LogP contribution in [0.4, 0.5) is 5.82 Å². The zero-order valence-corrected chi connectivity index (χ0v) is 12.5. The van der Waals surface area contributed by atoms with Crippen LogP contribution >= 0.6 is 0 Å². The number of carbonyl (C=O) groups is 1. The molecule has 3 N–H and O–H groups in total. The summed E-state index contributed by atoms with van der Waals surface area (Å²) >= 11 is 0. The van der Waals surface area contributed by atoms with E-state index in [9.17, 15) is 4.79 Å². The number of benzene rings is 1. The summed E-state index contributed by atoms with van der Waals surface area (Å²) in [6.07, 6.45) is 0.880. The zero-order chi connectivity index (χ0) is 15.5. The Labute approximate surface area is 128 Å². The van der Waals surface area contributed by atoms with Gasteiger partial charge in [0.1, 0.15) is 11.5 Å². The molecule has 0 atom stereocenters. The number of nitrogens with one attached hydrogen (secondary N) is 3. The Morgan fingerprint density at radius 2 is 1.95 bits per heavy atom. The summed E-state index contributed by atoms with van der Waals surface area (Å²) in [6.45, 7) is 1.61. The predicted molar refractivity (Wildman–Crippen MR) is 81.5 cm³/mol. The summed E-state index contributed by atoms with van der Waals surface area (Å²) < 4.78 is 10.4. The van der Waals surface area contributed by atoms with Gasteiger partial charge in [-0.3, -0.25) is 9.89 Å². The zero-order valence-electron chi connectivity index (χ0n) is 12.5. The smallest absolute Gasteiger partial charge is 0.257 e. The maximum Gasteiger partial charge on any atom is 0.257 e. The molecule has 3 rings (SSSR count). The molecule has 2 aromatic rings. The number of amides is 1. The molecule has 0 radical (unpaired) electrons. The number of rotatable bonds is 4. The van der Waals surface area contributed by atoms with E-state index < -0.39 is 0 Å². The Balaban J connectivity index is 1.84. The molecule has 2 heterocycles. The molecule has 1 amide bonds. The molecule has 22 heavy (non-hydrogen) atoms. The number of ether oxygens (including phenoxy) is 2. The van der Waals surface area contributed by atoms with Gasteiger partial charge in [0.2, 0.25) is 0 Å². The lowest BCUT2D eigenvalue weighted by Gasteiger charge is -2.13. The summed E-state index contributed by atoms with van der Waals surface area (Å²) in [7, 11) is 3.10. The van der Waals surface area contributed by atoms with Crippen molar-refractivity contribution in [3.8, 4) is 11.5 Å². The maximum atomic E-state index is 12.4. The number of aromatic amines is 1. The van der Waals surface area contributed by atoms with E-state index in [0.29, 0.717) is 29.4 Å². The van der Waals surface area contributed by atoms with Crippen LogP contribution in [0.25, 0.3) is 0 Å². The molecule has 0 spiro atoms. The molecule has 0 aliphatic carbocycles. The van der Waals surface area contributed by atoms with E-state index in [1.54, 1.807) is 32.4 Å². The predicted octanol–water partition coefficient (Wildman–Crippen LogP) is 1.32. The topological polar surface area (TPSA) is 88.3 Å². The molecule has 7 heteroatoms. The Morgan fingerprint density at radius 1 is 1.23 bits per heavy atom. The molecule has 116 valence electrons. The SMILES string of the molecule is COc1cc(OC)cc(C(=O)Nc2n[nH]c3c2CNCC3)c1. The molecular weight excluding hydrogens is 284 g/mol. The summed E-state index contributed by atoms with van der Waals surface area (Å²) in [6, 6.07) is 5.04. The quantitative estimate of drug-likeness (QED) is 0.793. The van der Waals surface area contributed by atoms with Gasteiger partial charge in [0.25, 0.3) is 5.91 Å². The van der Waals surface area contributed by atoms with Crippen molar-refractivity contribution in [3.63, 3.8) is 0 Å². The third-order valence-electron chi connectivity index (χ3n) is 3.65. The minimum atomic E-state index is -0.253. The molecule has 0 saturated carbocycles. The first-order chi connectivity index (χ1) is 10.7. The number of anilines is 1. The van der Waals surface area contributed by atoms with Crippen LogP contribution in [-0.2, 0) is 13.0 Å². The fraction of sp³-hybridized carbons (Fsp3) is 0.333. The highest BCUT2D eigenvalue weighted by atomic mass is 16.5. The Hall–Kier alpha value is -2.54. The molecule has 0 unspecified atom stereocenters. The van der Waals surface area contributed by atoms with Gasteiger partial charge >= 0.3 is 0 Å². The highest BCUT2D eigenvalue weighted by Crippen LogP contribution is 2.24. The van der Waals surface area contributed by atoms with Crippen molar-refractivity contribution >= 4 is 11.7 Å². The molecule has 0 fully saturated rings. The van der Waals surface area contributed by atoms with Crippen LogP contribution in [0, 0.1) is 0 Å². The average molecular weight is 302 g/mol. The van der Waals surface area contributed by atoms with Crippen molar-refractivity contribution in [2.24, 2.45) is 0 Å². The maximum absolute atomic E-state index is 12.4. The summed E-state index contributed by atoms with van der Waals surface area (Å²) in [5.41, 5.74) is 2.53. The van der Waals surface area contributed by atoms with Gasteiger partial charge in [-0.15, -0.1) is 0 Å². The number of aromatic nitrogens is 2. The average Bonchev–Trinajstić information content (AvgIpc) is 2.97. The molecule has 0 bridgehead atoms. The van der Waals surface area contributed by atoms with E-state index in [2.05, 4.69) is 20.8 Å². The van der Waals surface area contributed by atoms with Crippen LogP contribution in [-0.4, -0.2) is 36.9 Å². The van der Waals surface area contributed by atoms with Crippen molar-refractivity contribution in [1.29, 1.82) is 0 Å². The van der Waals surface area contributed by atoms with Gasteiger partial charge in [0, 0.05) is 42.4 Å². The fourth-order valence-electron chi connectivity index (χ4n) is 2.45. The van der Waals surface area contributed by atoms with E-state index in [-0.39, 0.29) is 5.91 Å². The highest BCUT2D eigenvalue weighted by Gasteiger charge is 2.19. The third kappa shape index (κ3) is 2.75. The lowest BCUT2D eigenvalue weighted by molar-refractivity contribution is 0.102. The standard InChI is InChI=1S/C15H18N4O3/c1-21-10-5-9(6-11(7-10)22-2)15(20)17-14-12-8-16-4-3-13(12)18-19-14/h5-7,16H,3-4,8H2,1-2H3,(H2,17,18,19,20). The number of hydrogen-bond donors (Lipinski definition) is 3. The number of H-pyrrole nitrogens is 1. The van der Waals surface area contributed by atoms with Crippen molar-refractivity contribution < 1.29 is 14.3 Å². The minimum absolute atomic E-state index is 0.253. The van der Waals surface area contributed by atoms with Crippen molar-refractivity contribution in [2.45, 2.75) is 13.0 Å². The van der Waals surface area contributed by atoms with Crippen LogP contribution in [0.1, 0.15) is 21.6 Å². The van der Waals surface area contributed by atoms with Gasteiger partial charge in [-0.1, -0.05) is 0 Å². The van der Waals surface area contributed by atoms with Crippen LogP contribution in [0.3, 0.4) is 0 Å². The van der Waals surface area contributed by atoms with Gasteiger partial charge in [-0.05, 0) is 12.1 Å². The van der Waals surface area contributed by atoms with Crippen LogP contribution in [0.2, 0.25) is 0 Å². The van der Waals surface area contributed by atoms with Gasteiger partial charge < -0.3 is 20.1 Å². The van der Waals surface area contributed by atoms with E-state index in [0.717, 1.165) is 24.2 Å². The molecular formula is C15H18N4O3. The van der Waals surface area contributed by atoms with E-state index >= 15 is 0 Å². The first-order valence-electron chi connectivity index (χ1n) is 7.02. The number of carbonyl (C=O) groups excluding carboxylic acids is 1. The van der Waals surface area contributed by atoms with E-state index in [1.165, 1.54) is 0 Å². The fourth-order valence-corrected chi connectivity index (χ4v) is 2.45. The number of methoxy groups -OCH3 is 2. The second kappa shape index (κ2) is 6.07. The first kappa shape index (κ1) is 14.4. The van der Waals surface area contributed by atoms with E-state index in [1.807, 2.05) is 0 Å². The van der Waals surface area contributed by atoms with E-state index in [4.69, 9.17) is 9.47 Å². The Kier molecular flexibility index (Phi) is 3.97. The highest BCUT2D eigenvalue weighted by molar-refractivity contribution is 6.04. The largest absolute Gasteiger partial charge is 0.497 e. The first-order valence-corrected chi connectivity index (χ1v) is 7.02. The molecule has 0 saturated heterocycles. The third-order valence-corrected chi connectivity index (χ3v) is 3.65. The lowest BCUT2D eigenvalue weighted by Crippen LogP contribution is -2.24. The number of hydrogen-bond acceptors (Lipinski definition) is 5. The summed E-state index contributed by atoms with van der Waals surface area (Å²) in [5.74, 6) is 1.44. The van der Waals surface area contributed by atoms with Crippen LogP contribution < -0.4 is 20.1 Å². The molecule has 1 aromatic carbocycles. The van der Waals surface area contributed by atoms with Crippen LogP contribution in [0.15, 0.2) is 18.2 Å². The van der Waals surface area contributed by atoms with Gasteiger partial charge in [-0.2, -0.15) is 5.10 Å². The molecule has 7 nitrogen and oxygen atoms in total. The van der Waals surface area contributed by atoms with Gasteiger partial charge in [0.05, 0.1) is 14.2 Å².